The summed E-state index contributed by atoms with van der Waals surface area (Å²) in [6.07, 6.45) is 0.823. The van der Waals surface area contributed by atoms with Gasteiger partial charge < -0.3 is 5.73 Å². The fourth-order valence-corrected chi connectivity index (χ4v) is 3.27. The zero-order valence-corrected chi connectivity index (χ0v) is 12.0. The summed E-state index contributed by atoms with van der Waals surface area (Å²) in [5.41, 5.74) is 6.80. The van der Waals surface area contributed by atoms with E-state index in [0.717, 1.165) is 26.3 Å². The van der Waals surface area contributed by atoms with Gasteiger partial charge in [-0.25, -0.2) is 0 Å². The fraction of sp³-hybridized carbons (Fsp3) is 0.143. The van der Waals surface area contributed by atoms with Crippen molar-refractivity contribution in [1.82, 2.24) is 0 Å². The van der Waals surface area contributed by atoms with Crippen LogP contribution in [0.1, 0.15) is 5.56 Å². The summed E-state index contributed by atoms with van der Waals surface area (Å²) >= 11 is 13.9. The quantitative estimate of drug-likeness (QED) is 0.889. The van der Waals surface area contributed by atoms with Crippen molar-refractivity contribution in [2.75, 3.05) is 6.54 Å². The van der Waals surface area contributed by atoms with E-state index in [0.29, 0.717) is 6.54 Å². The second-order valence-corrected chi connectivity index (χ2v) is 5.75. The molecule has 2 rings (SSSR count). The van der Waals surface area contributed by atoms with Crippen LogP contribution in [0.25, 0.3) is 0 Å². The van der Waals surface area contributed by atoms with Crippen molar-refractivity contribution in [2.45, 2.75) is 16.2 Å². The predicted octanol–water partition coefficient (Wildman–Crippen LogP) is 4.65. The standard InChI is InChI=1S/C14H13Cl2NS/c15-11-4-2-5-12(9-11)18-14-10(7-8-17)3-1-6-13(14)16/h1-6,9H,7-8,17H2. The second-order valence-electron chi connectivity index (χ2n) is 3.83. The van der Waals surface area contributed by atoms with Crippen LogP contribution in [0.3, 0.4) is 0 Å². The maximum absolute atomic E-state index is 6.26. The van der Waals surface area contributed by atoms with Crippen LogP contribution in [0.15, 0.2) is 52.3 Å². The average molecular weight is 298 g/mol. The highest BCUT2D eigenvalue weighted by Crippen LogP contribution is 2.36. The molecule has 2 aromatic rings. The fourth-order valence-electron chi connectivity index (χ4n) is 1.67. The molecule has 18 heavy (non-hydrogen) atoms. The summed E-state index contributed by atoms with van der Waals surface area (Å²) in [5.74, 6) is 0. The minimum Gasteiger partial charge on any atom is -0.330 e. The lowest BCUT2D eigenvalue weighted by molar-refractivity contribution is 0.944. The predicted molar refractivity (Wildman–Crippen MR) is 79.8 cm³/mol. The van der Waals surface area contributed by atoms with Gasteiger partial charge in [-0.15, -0.1) is 0 Å². The van der Waals surface area contributed by atoms with Crippen molar-refractivity contribution < 1.29 is 0 Å². The van der Waals surface area contributed by atoms with Gasteiger partial charge in [0.15, 0.2) is 0 Å². The second kappa shape index (κ2) is 6.48. The highest BCUT2D eigenvalue weighted by molar-refractivity contribution is 7.99. The molecule has 0 unspecified atom stereocenters. The molecule has 0 aliphatic heterocycles. The molecule has 2 N–H and O–H groups in total. The summed E-state index contributed by atoms with van der Waals surface area (Å²) in [7, 11) is 0. The van der Waals surface area contributed by atoms with Crippen molar-refractivity contribution in [3.63, 3.8) is 0 Å². The molecular formula is C14H13Cl2NS. The molecule has 0 saturated carbocycles. The highest BCUT2D eigenvalue weighted by Gasteiger charge is 2.08. The molecule has 1 nitrogen and oxygen atoms in total. The monoisotopic (exact) mass is 297 g/mol. The zero-order chi connectivity index (χ0) is 13.0. The van der Waals surface area contributed by atoms with Crippen molar-refractivity contribution in [3.8, 4) is 0 Å². The lowest BCUT2D eigenvalue weighted by atomic mass is 10.1. The smallest absolute Gasteiger partial charge is 0.0548 e. The third-order valence-electron chi connectivity index (χ3n) is 2.48. The number of benzene rings is 2. The molecule has 0 fully saturated rings. The molecule has 0 radical (unpaired) electrons. The van der Waals surface area contributed by atoms with Crippen molar-refractivity contribution in [1.29, 1.82) is 0 Å². The number of hydrogen-bond donors (Lipinski definition) is 1. The van der Waals surface area contributed by atoms with Crippen LogP contribution in [0.5, 0.6) is 0 Å². The number of halogens is 2. The largest absolute Gasteiger partial charge is 0.330 e. The molecule has 0 heterocycles. The van der Waals surface area contributed by atoms with E-state index in [1.807, 2.05) is 36.4 Å². The first-order chi connectivity index (χ1) is 8.70. The third kappa shape index (κ3) is 3.42. The maximum Gasteiger partial charge on any atom is 0.0548 e. The maximum atomic E-state index is 6.26. The van der Waals surface area contributed by atoms with Gasteiger partial charge in [0.2, 0.25) is 0 Å². The van der Waals surface area contributed by atoms with E-state index in [2.05, 4.69) is 6.07 Å². The van der Waals surface area contributed by atoms with E-state index in [1.54, 1.807) is 11.8 Å². The minimum atomic E-state index is 0.615. The molecule has 94 valence electrons. The van der Waals surface area contributed by atoms with Gasteiger partial charge in [0.1, 0.15) is 0 Å². The SMILES string of the molecule is NCCc1cccc(Cl)c1Sc1cccc(Cl)c1. The van der Waals surface area contributed by atoms with Gasteiger partial charge in [0, 0.05) is 14.8 Å². The van der Waals surface area contributed by atoms with E-state index in [1.165, 1.54) is 5.56 Å². The van der Waals surface area contributed by atoms with Crippen LogP contribution in [0.4, 0.5) is 0 Å². The van der Waals surface area contributed by atoms with E-state index in [4.69, 9.17) is 28.9 Å². The highest BCUT2D eigenvalue weighted by atomic mass is 35.5. The Morgan fingerprint density at radius 1 is 1.06 bits per heavy atom. The van der Waals surface area contributed by atoms with Crippen LogP contribution in [-0.2, 0) is 6.42 Å². The first-order valence-corrected chi connectivity index (χ1v) is 7.19. The van der Waals surface area contributed by atoms with Gasteiger partial charge in [0.25, 0.3) is 0 Å². The molecule has 0 amide bonds. The van der Waals surface area contributed by atoms with Crippen LogP contribution in [0, 0.1) is 0 Å². The molecule has 0 bridgehead atoms. The Morgan fingerprint density at radius 3 is 2.56 bits per heavy atom. The van der Waals surface area contributed by atoms with Gasteiger partial charge in [-0.05, 0) is 42.8 Å². The van der Waals surface area contributed by atoms with Crippen molar-refractivity contribution >= 4 is 35.0 Å². The molecule has 0 spiro atoms. The van der Waals surface area contributed by atoms with Crippen LogP contribution >= 0.6 is 35.0 Å². The van der Waals surface area contributed by atoms with Gasteiger partial charge in [-0.3, -0.25) is 0 Å². The van der Waals surface area contributed by atoms with Crippen LogP contribution < -0.4 is 5.73 Å². The summed E-state index contributed by atoms with van der Waals surface area (Å²) in [6.45, 7) is 0.615. The summed E-state index contributed by atoms with van der Waals surface area (Å²) in [4.78, 5) is 2.14. The Morgan fingerprint density at radius 2 is 1.83 bits per heavy atom. The lowest BCUT2D eigenvalue weighted by Crippen LogP contribution is -2.03. The average Bonchev–Trinajstić information content (AvgIpc) is 2.34. The van der Waals surface area contributed by atoms with Gasteiger partial charge in [-0.1, -0.05) is 53.2 Å². The van der Waals surface area contributed by atoms with E-state index in [9.17, 15) is 0 Å². The van der Waals surface area contributed by atoms with Crippen molar-refractivity contribution in [3.05, 3.63) is 58.1 Å². The molecule has 0 aromatic heterocycles. The Hall–Kier alpha value is -0.670. The summed E-state index contributed by atoms with van der Waals surface area (Å²) in [6, 6.07) is 13.7. The first-order valence-electron chi connectivity index (χ1n) is 5.61. The summed E-state index contributed by atoms with van der Waals surface area (Å²) < 4.78 is 0. The Bertz CT molecular complexity index is 543. The number of rotatable bonds is 4. The zero-order valence-electron chi connectivity index (χ0n) is 9.70. The third-order valence-corrected chi connectivity index (χ3v) is 4.32. The molecule has 2 aromatic carbocycles. The minimum absolute atomic E-state index is 0.615. The Kier molecular flexibility index (Phi) is 4.95. The topological polar surface area (TPSA) is 26.0 Å². The molecule has 0 atom stereocenters. The van der Waals surface area contributed by atoms with E-state index >= 15 is 0 Å². The molecule has 0 aliphatic carbocycles. The van der Waals surface area contributed by atoms with Crippen LogP contribution in [0.2, 0.25) is 10.0 Å². The van der Waals surface area contributed by atoms with Gasteiger partial charge in [-0.2, -0.15) is 0 Å². The van der Waals surface area contributed by atoms with Crippen molar-refractivity contribution in [2.24, 2.45) is 5.73 Å². The Balaban J connectivity index is 2.33. The number of hydrogen-bond acceptors (Lipinski definition) is 2. The number of nitrogens with two attached hydrogens (primary N) is 1. The summed E-state index contributed by atoms with van der Waals surface area (Å²) in [5, 5.41) is 1.48. The first kappa shape index (κ1) is 13.8. The molecule has 0 aliphatic rings. The molecule has 4 heteroatoms. The van der Waals surface area contributed by atoms with Gasteiger partial charge in [0.05, 0.1) is 5.02 Å². The lowest BCUT2D eigenvalue weighted by Gasteiger charge is -2.10. The van der Waals surface area contributed by atoms with Crippen LogP contribution in [-0.4, -0.2) is 6.54 Å². The van der Waals surface area contributed by atoms with E-state index < -0.39 is 0 Å². The molecule has 0 saturated heterocycles. The Labute approximate surface area is 121 Å². The molecular weight excluding hydrogens is 285 g/mol. The van der Waals surface area contributed by atoms with E-state index in [-0.39, 0.29) is 0 Å². The normalized spacial score (nSPS) is 10.6. The van der Waals surface area contributed by atoms with Gasteiger partial charge >= 0.3 is 0 Å².